The molecule has 0 bridgehead atoms. The number of methoxy groups -OCH3 is 1. The smallest absolute Gasteiger partial charge is 0.294 e. The number of aliphatic hydroxyl groups excluding tert-OH is 1. The van der Waals surface area contributed by atoms with Crippen LogP contribution >= 0.6 is 11.8 Å². The minimum absolute atomic E-state index is 0.0132. The average Bonchev–Trinajstić information content (AvgIpc) is 2.96. The van der Waals surface area contributed by atoms with Crippen LogP contribution in [0.1, 0.15) is 31.2 Å². The van der Waals surface area contributed by atoms with E-state index in [1.807, 2.05) is 6.07 Å². The Morgan fingerprint density at radius 1 is 1.36 bits per heavy atom. The standard InChI is InChI=1S/C20H24N2O5S/c1-27-16-7-4-5-14(11-16)12-17-19(25)22(20(26)28-17)13-18(24)21-9-3-2-6-15(21)8-10-23/h4-5,7,11-12,15,23H,2-3,6,8-10,13H2,1H3. The summed E-state index contributed by atoms with van der Waals surface area (Å²) >= 11 is 0.837. The molecule has 0 spiro atoms. The summed E-state index contributed by atoms with van der Waals surface area (Å²) in [7, 11) is 1.56. The first kappa shape index (κ1) is 20.4. The highest BCUT2D eigenvalue weighted by Gasteiger charge is 2.38. The van der Waals surface area contributed by atoms with Crippen molar-refractivity contribution < 1.29 is 24.2 Å². The van der Waals surface area contributed by atoms with Gasteiger partial charge in [0.25, 0.3) is 11.1 Å². The first-order valence-electron chi connectivity index (χ1n) is 9.33. The van der Waals surface area contributed by atoms with E-state index in [4.69, 9.17) is 4.74 Å². The molecule has 1 unspecified atom stereocenters. The zero-order valence-corrected chi connectivity index (χ0v) is 16.6. The molecule has 150 valence electrons. The molecule has 2 aliphatic rings. The molecule has 1 aromatic rings. The molecule has 1 aromatic carbocycles. The van der Waals surface area contributed by atoms with Crippen LogP contribution < -0.4 is 4.74 Å². The predicted octanol–water partition coefficient (Wildman–Crippen LogP) is 2.50. The second-order valence-electron chi connectivity index (χ2n) is 6.79. The first-order valence-corrected chi connectivity index (χ1v) is 10.1. The Hall–Kier alpha value is -2.32. The van der Waals surface area contributed by atoms with Crippen molar-refractivity contribution >= 4 is 34.9 Å². The summed E-state index contributed by atoms with van der Waals surface area (Å²) < 4.78 is 5.17. The molecule has 0 aliphatic carbocycles. The maximum absolute atomic E-state index is 12.7. The van der Waals surface area contributed by atoms with E-state index in [9.17, 15) is 19.5 Å². The van der Waals surface area contributed by atoms with E-state index in [2.05, 4.69) is 0 Å². The molecule has 2 fully saturated rings. The minimum atomic E-state index is -0.457. The van der Waals surface area contributed by atoms with Crippen molar-refractivity contribution in [1.82, 2.24) is 9.80 Å². The summed E-state index contributed by atoms with van der Waals surface area (Å²) in [6.07, 6.45) is 4.89. The van der Waals surface area contributed by atoms with Crippen LogP contribution in [-0.4, -0.2) is 64.8 Å². The average molecular weight is 404 g/mol. The third-order valence-electron chi connectivity index (χ3n) is 4.97. The fraction of sp³-hybridized carbons (Fsp3) is 0.450. The zero-order chi connectivity index (χ0) is 20.1. The number of hydrogen-bond acceptors (Lipinski definition) is 6. The SMILES string of the molecule is COc1cccc(C=C2SC(=O)N(CC(=O)N3CCCCC3CCO)C2=O)c1. The molecule has 3 rings (SSSR count). The van der Waals surface area contributed by atoms with Crippen LogP contribution in [-0.2, 0) is 9.59 Å². The lowest BCUT2D eigenvalue weighted by atomic mass is 9.99. The van der Waals surface area contributed by atoms with Crippen LogP contribution in [0.3, 0.4) is 0 Å². The van der Waals surface area contributed by atoms with E-state index in [-0.39, 0.29) is 30.0 Å². The number of amides is 3. The Balaban J connectivity index is 1.71. The third kappa shape index (κ3) is 4.56. The first-order chi connectivity index (χ1) is 13.5. The number of carbonyl (C=O) groups excluding carboxylic acids is 3. The summed E-state index contributed by atoms with van der Waals surface area (Å²) in [4.78, 5) is 40.7. The van der Waals surface area contributed by atoms with E-state index in [0.717, 1.165) is 41.5 Å². The van der Waals surface area contributed by atoms with Crippen molar-refractivity contribution in [2.75, 3.05) is 26.8 Å². The summed E-state index contributed by atoms with van der Waals surface area (Å²) in [6.45, 7) is 0.348. The normalized spacial score (nSPS) is 21.5. The minimum Gasteiger partial charge on any atom is -0.497 e. The van der Waals surface area contributed by atoms with Crippen molar-refractivity contribution in [3.05, 3.63) is 34.7 Å². The molecular weight excluding hydrogens is 380 g/mol. The number of aliphatic hydroxyl groups is 1. The monoisotopic (exact) mass is 404 g/mol. The molecular formula is C20H24N2O5S. The molecule has 0 radical (unpaired) electrons. The van der Waals surface area contributed by atoms with Crippen molar-refractivity contribution in [1.29, 1.82) is 0 Å². The number of nitrogens with zero attached hydrogens (tertiary/aromatic N) is 2. The summed E-state index contributed by atoms with van der Waals surface area (Å²) in [5, 5.41) is 8.78. The summed E-state index contributed by atoms with van der Waals surface area (Å²) in [5.74, 6) is -0.0480. The van der Waals surface area contributed by atoms with Crippen LogP contribution in [0.2, 0.25) is 0 Å². The summed E-state index contributed by atoms with van der Waals surface area (Å²) in [5.41, 5.74) is 0.746. The zero-order valence-electron chi connectivity index (χ0n) is 15.8. The van der Waals surface area contributed by atoms with E-state index < -0.39 is 11.1 Å². The van der Waals surface area contributed by atoms with E-state index in [1.54, 1.807) is 36.3 Å². The van der Waals surface area contributed by atoms with Gasteiger partial charge >= 0.3 is 0 Å². The van der Waals surface area contributed by atoms with E-state index >= 15 is 0 Å². The topological polar surface area (TPSA) is 87.2 Å². The second-order valence-corrected chi connectivity index (χ2v) is 7.79. The Morgan fingerprint density at radius 2 is 2.18 bits per heavy atom. The lowest BCUT2D eigenvalue weighted by Gasteiger charge is -2.36. The molecule has 7 nitrogen and oxygen atoms in total. The molecule has 1 N–H and O–H groups in total. The number of hydrogen-bond donors (Lipinski definition) is 1. The fourth-order valence-corrected chi connectivity index (χ4v) is 4.36. The van der Waals surface area contributed by atoms with Gasteiger partial charge in [-0.2, -0.15) is 0 Å². The molecule has 0 aromatic heterocycles. The van der Waals surface area contributed by atoms with Crippen LogP contribution in [0.5, 0.6) is 5.75 Å². The molecule has 2 aliphatic heterocycles. The Morgan fingerprint density at radius 3 is 2.93 bits per heavy atom. The van der Waals surface area contributed by atoms with Crippen LogP contribution in [0.4, 0.5) is 4.79 Å². The van der Waals surface area contributed by atoms with Crippen LogP contribution in [0, 0.1) is 0 Å². The Labute approximate surface area is 168 Å². The van der Waals surface area contributed by atoms with Gasteiger partial charge in [-0.05, 0) is 61.2 Å². The van der Waals surface area contributed by atoms with Gasteiger partial charge < -0.3 is 14.7 Å². The predicted molar refractivity (Wildman–Crippen MR) is 107 cm³/mol. The van der Waals surface area contributed by atoms with Gasteiger partial charge in [0.2, 0.25) is 5.91 Å². The number of ether oxygens (including phenoxy) is 1. The fourth-order valence-electron chi connectivity index (χ4n) is 3.52. The van der Waals surface area contributed by atoms with Crippen LogP contribution in [0.25, 0.3) is 6.08 Å². The molecule has 2 heterocycles. The van der Waals surface area contributed by atoms with Gasteiger partial charge in [0.15, 0.2) is 0 Å². The number of piperidine rings is 1. The largest absolute Gasteiger partial charge is 0.497 e. The molecule has 3 amide bonds. The van der Waals surface area contributed by atoms with Crippen molar-refractivity contribution in [3.8, 4) is 5.75 Å². The van der Waals surface area contributed by atoms with Gasteiger partial charge in [-0.25, -0.2) is 0 Å². The molecule has 2 saturated heterocycles. The Kier molecular flexibility index (Phi) is 6.74. The highest BCUT2D eigenvalue weighted by molar-refractivity contribution is 8.18. The van der Waals surface area contributed by atoms with Gasteiger partial charge in [0, 0.05) is 19.2 Å². The number of thioether (sulfide) groups is 1. The molecule has 28 heavy (non-hydrogen) atoms. The molecule has 1 atom stereocenters. The van der Waals surface area contributed by atoms with E-state index in [0.29, 0.717) is 18.7 Å². The Bertz CT molecular complexity index is 793. The van der Waals surface area contributed by atoms with Gasteiger partial charge in [0.1, 0.15) is 12.3 Å². The summed E-state index contributed by atoms with van der Waals surface area (Å²) in [6, 6.07) is 7.15. The number of benzene rings is 1. The highest BCUT2D eigenvalue weighted by Crippen LogP contribution is 2.33. The van der Waals surface area contributed by atoms with Gasteiger partial charge in [-0.1, -0.05) is 12.1 Å². The number of carbonyl (C=O) groups is 3. The third-order valence-corrected chi connectivity index (χ3v) is 5.88. The lowest BCUT2D eigenvalue weighted by Crippen LogP contribution is -2.49. The number of rotatable bonds is 6. The maximum Gasteiger partial charge on any atom is 0.294 e. The molecule has 8 heteroatoms. The second kappa shape index (κ2) is 9.25. The number of likely N-dealkylation sites (tertiary alicyclic amines) is 1. The highest BCUT2D eigenvalue weighted by atomic mass is 32.2. The van der Waals surface area contributed by atoms with Gasteiger partial charge in [-0.3, -0.25) is 19.3 Å². The molecule has 0 saturated carbocycles. The van der Waals surface area contributed by atoms with Crippen molar-refractivity contribution in [3.63, 3.8) is 0 Å². The lowest BCUT2D eigenvalue weighted by molar-refractivity contribution is -0.139. The van der Waals surface area contributed by atoms with Crippen molar-refractivity contribution in [2.24, 2.45) is 0 Å². The van der Waals surface area contributed by atoms with Gasteiger partial charge in [-0.15, -0.1) is 0 Å². The van der Waals surface area contributed by atoms with Crippen molar-refractivity contribution in [2.45, 2.75) is 31.7 Å². The maximum atomic E-state index is 12.7. The van der Waals surface area contributed by atoms with E-state index in [1.165, 1.54) is 0 Å². The quantitative estimate of drug-likeness (QED) is 0.733. The number of imide groups is 1. The van der Waals surface area contributed by atoms with Gasteiger partial charge in [0.05, 0.1) is 12.0 Å². The van der Waals surface area contributed by atoms with Crippen LogP contribution in [0.15, 0.2) is 29.2 Å².